The third-order valence-electron chi connectivity index (χ3n) is 3.60. The molecule has 0 aliphatic carbocycles. The molecule has 0 radical (unpaired) electrons. The molecular formula is C18H22O. The summed E-state index contributed by atoms with van der Waals surface area (Å²) >= 11 is 0. The van der Waals surface area contributed by atoms with E-state index in [2.05, 4.69) is 19.1 Å². The van der Waals surface area contributed by atoms with Crippen molar-refractivity contribution in [3.63, 3.8) is 0 Å². The number of carbonyl (C=O) groups is 1. The van der Waals surface area contributed by atoms with Crippen LogP contribution in [-0.4, -0.2) is 5.78 Å². The van der Waals surface area contributed by atoms with Crippen LogP contribution in [0.25, 0.3) is 10.8 Å². The first-order valence-electron chi connectivity index (χ1n) is 7.34. The van der Waals surface area contributed by atoms with Crippen molar-refractivity contribution in [1.29, 1.82) is 0 Å². The lowest BCUT2D eigenvalue weighted by atomic mass is 9.98. The second kappa shape index (κ2) is 7.08. The molecule has 0 N–H and O–H groups in total. The first kappa shape index (κ1) is 13.8. The second-order valence-corrected chi connectivity index (χ2v) is 5.11. The first-order valence-corrected chi connectivity index (χ1v) is 7.34. The summed E-state index contributed by atoms with van der Waals surface area (Å²) in [4.78, 5) is 12.3. The fourth-order valence-corrected chi connectivity index (χ4v) is 2.49. The molecule has 0 aliphatic heterocycles. The number of ketones is 1. The molecule has 1 heteroatoms. The molecule has 2 rings (SSSR count). The van der Waals surface area contributed by atoms with Gasteiger partial charge in [0.2, 0.25) is 0 Å². The maximum atomic E-state index is 12.3. The molecule has 0 bridgehead atoms. The monoisotopic (exact) mass is 254 g/mol. The van der Waals surface area contributed by atoms with Crippen molar-refractivity contribution >= 4 is 16.6 Å². The summed E-state index contributed by atoms with van der Waals surface area (Å²) in [6.07, 6.45) is 6.64. The minimum absolute atomic E-state index is 0.285. The first-order chi connectivity index (χ1) is 9.33. The molecule has 0 aliphatic rings. The Bertz CT molecular complexity index is 537. The second-order valence-electron chi connectivity index (χ2n) is 5.11. The van der Waals surface area contributed by atoms with E-state index in [4.69, 9.17) is 0 Å². The maximum Gasteiger partial charge on any atom is 0.163 e. The van der Waals surface area contributed by atoms with Gasteiger partial charge >= 0.3 is 0 Å². The molecule has 0 saturated carbocycles. The molecule has 0 spiro atoms. The van der Waals surface area contributed by atoms with Crippen LogP contribution in [0.1, 0.15) is 55.8 Å². The maximum absolute atomic E-state index is 12.3. The zero-order chi connectivity index (χ0) is 13.5. The van der Waals surface area contributed by atoms with Crippen molar-refractivity contribution in [3.05, 3.63) is 48.0 Å². The Morgan fingerprint density at radius 2 is 1.63 bits per heavy atom. The highest BCUT2D eigenvalue weighted by Gasteiger charge is 2.08. The van der Waals surface area contributed by atoms with Gasteiger partial charge in [-0.05, 0) is 17.2 Å². The van der Waals surface area contributed by atoms with Gasteiger partial charge in [-0.3, -0.25) is 4.79 Å². The number of benzene rings is 2. The van der Waals surface area contributed by atoms with Gasteiger partial charge < -0.3 is 0 Å². The van der Waals surface area contributed by atoms with E-state index in [9.17, 15) is 4.79 Å². The van der Waals surface area contributed by atoms with Gasteiger partial charge in [-0.25, -0.2) is 0 Å². The molecule has 2 aromatic rings. The quantitative estimate of drug-likeness (QED) is 0.478. The standard InChI is InChI=1S/C18H22O/c1-2-3-4-5-6-14-18(19)17-13-9-11-15-10-7-8-12-16(15)17/h7-13H,2-6,14H2,1H3. The Labute approximate surface area is 115 Å². The third-order valence-corrected chi connectivity index (χ3v) is 3.60. The predicted molar refractivity (Wildman–Crippen MR) is 81.7 cm³/mol. The summed E-state index contributed by atoms with van der Waals surface area (Å²) in [5, 5.41) is 2.24. The van der Waals surface area contributed by atoms with Crippen LogP contribution >= 0.6 is 0 Å². The summed E-state index contributed by atoms with van der Waals surface area (Å²) < 4.78 is 0. The molecule has 0 aromatic heterocycles. The summed E-state index contributed by atoms with van der Waals surface area (Å²) in [5.74, 6) is 0.285. The number of unbranched alkanes of at least 4 members (excludes halogenated alkanes) is 4. The van der Waals surface area contributed by atoms with Gasteiger partial charge in [-0.1, -0.05) is 75.1 Å². The summed E-state index contributed by atoms with van der Waals surface area (Å²) in [6, 6.07) is 14.1. The van der Waals surface area contributed by atoms with Crippen LogP contribution in [0.3, 0.4) is 0 Å². The number of hydrogen-bond donors (Lipinski definition) is 0. The van der Waals surface area contributed by atoms with E-state index >= 15 is 0 Å². The van der Waals surface area contributed by atoms with Crippen LogP contribution in [0, 0.1) is 0 Å². The zero-order valence-corrected chi connectivity index (χ0v) is 11.7. The molecule has 19 heavy (non-hydrogen) atoms. The Kier molecular flexibility index (Phi) is 5.14. The van der Waals surface area contributed by atoms with Crippen LogP contribution in [-0.2, 0) is 0 Å². The average molecular weight is 254 g/mol. The molecule has 0 saturated heterocycles. The molecule has 2 aromatic carbocycles. The third kappa shape index (κ3) is 3.66. The lowest BCUT2D eigenvalue weighted by Gasteiger charge is -2.05. The molecule has 0 amide bonds. The number of Topliss-reactive ketones (excluding diaryl/α,β-unsaturated/α-hetero) is 1. The van der Waals surface area contributed by atoms with Crippen molar-refractivity contribution in [2.75, 3.05) is 0 Å². The Hall–Kier alpha value is -1.63. The van der Waals surface area contributed by atoms with E-state index < -0.39 is 0 Å². The minimum atomic E-state index is 0.285. The fraction of sp³-hybridized carbons (Fsp3) is 0.389. The van der Waals surface area contributed by atoms with Crippen molar-refractivity contribution in [1.82, 2.24) is 0 Å². The lowest BCUT2D eigenvalue weighted by molar-refractivity contribution is 0.0980. The fourth-order valence-electron chi connectivity index (χ4n) is 2.49. The van der Waals surface area contributed by atoms with Crippen LogP contribution in [0.4, 0.5) is 0 Å². The zero-order valence-electron chi connectivity index (χ0n) is 11.7. The van der Waals surface area contributed by atoms with E-state index in [1.165, 1.54) is 25.7 Å². The molecule has 0 fully saturated rings. The molecule has 0 heterocycles. The SMILES string of the molecule is CCCCCCCC(=O)c1cccc2ccccc12. The summed E-state index contributed by atoms with van der Waals surface area (Å²) in [5.41, 5.74) is 0.883. The summed E-state index contributed by atoms with van der Waals surface area (Å²) in [7, 11) is 0. The van der Waals surface area contributed by atoms with Gasteiger partial charge in [0.25, 0.3) is 0 Å². The molecule has 0 unspecified atom stereocenters. The van der Waals surface area contributed by atoms with E-state index in [0.29, 0.717) is 6.42 Å². The van der Waals surface area contributed by atoms with E-state index in [1.54, 1.807) is 0 Å². The van der Waals surface area contributed by atoms with Crippen molar-refractivity contribution in [2.24, 2.45) is 0 Å². The van der Waals surface area contributed by atoms with Crippen LogP contribution < -0.4 is 0 Å². The van der Waals surface area contributed by atoms with Crippen LogP contribution in [0.2, 0.25) is 0 Å². The highest BCUT2D eigenvalue weighted by molar-refractivity contribution is 6.08. The normalized spacial score (nSPS) is 10.8. The largest absolute Gasteiger partial charge is 0.294 e. The van der Waals surface area contributed by atoms with Gasteiger partial charge in [-0.2, -0.15) is 0 Å². The number of fused-ring (bicyclic) bond motifs is 1. The number of carbonyl (C=O) groups excluding carboxylic acids is 1. The Balaban J connectivity index is 2.01. The van der Waals surface area contributed by atoms with E-state index in [-0.39, 0.29) is 5.78 Å². The van der Waals surface area contributed by atoms with Gasteiger partial charge in [0.1, 0.15) is 0 Å². The lowest BCUT2D eigenvalue weighted by Crippen LogP contribution is -1.99. The predicted octanol–water partition coefficient (Wildman–Crippen LogP) is 5.38. The van der Waals surface area contributed by atoms with Crippen molar-refractivity contribution in [2.45, 2.75) is 45.4 Å². The Morgan fingerprint density at radius 3 is 2.47 bits per heavy atom. The van der Waals surface area contributed by atoms with Gasteiger partial charge in [0, 0.05) is 12.0 Å². The highest BCUT2D eigenvalue weighted by Crippen LogP contribution is 2.20. The highest BCUT2D eigenvalue weighted by atomic mass is 16.1. The van der Waals surface area contributed by atoms with E-state index in [0.717, 1.165) is 22.8 Å². The van der Waals surface area contributed by atoms with Gasteiger partial charge in [0.05, 0.1) is 0 Å². The molecule has 0 atom stereocenters. The van der Waals surface area contributed by atoms with Gasteiger partial charge in [0.15, 0.2) is 5.78 Å². The van der Waals surface area contributed by atoms with Crippen LogP contribution in [0.15, 0.2) is 42.5 Å². The Morgan fingerprint density at radius 1 is 0.895 bits per heavy atom. The number of rotatable bonds is 7. The van der Waals surface area contributed by atoms with Crippen molar-refractivity contribution in [3.8, 4) is 0 Å². The van der Waals surface area contributed by atoms with Crippen LogP contribution in [0.5, 0.6) is 0 Å². The topological polar surface area (TPSA) is 17.1 Å². The molecule has 1 nitrogen and oxygen atoms in total. The summed E-state index contributed by atoms with van der Waals surface area (Å²) in [6.45, 7) is 2.21. The van der Waals surface area contributed by atoms with Crippen molar-refractivity contribution < 1.29 is 4.79 Å². The average Bonchev–Trinajstić information content (AvgIpc) is 2.46. The minimum Gasteiger partial charge on any atom is -0.294 e. The van der Waals surface area contributed by atoms with E-state index in [1.807, 2.05) is 30.3 Å². The molecule has 100 valence electrons. The van der Waals surface area contributed by atoms with Gasteiger partial charge in [-0.15, -0.1) is 0 Å². The molecular weight excluding hydrogens is 232 g/mol. The smallest absolute Gasteiger partial charge is 0.163 e. The number of hydrogen-bond acceptors (Lipinski definition) is 1.